The Morgan fingerprint density at radius 3 is 2.56 bits per heavy atom. The molecule has 0 radical (unpaired) electrons. The van der Waals surface area contributed by atoms with Gasteiger partial charge in [0.1, 0.15) is 5.82 Å². The summed E-state index contributed by atoms with van der Waals surface area (Å²) in [4.78, 5) is 14.5. The number of ether oxygens (including phenoxy) is 1. The molecule has 1 amide bonds. The third kappa shape index (κ3) is 4.00. The first kappa shape index (κ1) is 19.4. The van der Waals surface area contributed by atoms with Crippen LogP contribution in [0.2, 0.25) is 0 Å². The highest BCUT2D eigenvalue weighted by Crippen LogP contribution is 2.23. The Hall–Kier alpha value is -2.34. The van der Waals surface area contributed by atoms with Crippen LogP contribution in [0.3, 0.4) is 0 Å². The van der Waals surface area contributed by atoms with Crippen LogP contribution in [0.5, 0.6) is 0 Å². The highest BCUT2D eigenvalue weighted by Gasteiger charge is 2.24. The van der Waals surface area contributed by atoms with E-state index < -0.39 is 0 Å². The van der Waals surface area contributed by atoms with Gasteiger partial charge in [-0.1, -0.05) is 0 Å². The molecule has 0 aromatic carbocycles. The normalized spacial score (nSPS) is 20.8. The van der Waals surface area contributed by atoms with Gasteiger partial charge in [0.25, 0.3) is 0 Å². The number of carbonyl (C=O) groups excluding carboxylic acids is 1. The number of amides is 1. The first-order valence-corrected chi connectivity index (χ1v) is 9.63. The lowest BCUT2D eigenvalue weighted by molar-refractivity contribution is -0.137. The van der Waals surface area contributed by atoms with E-state index in [1.54, 1.807) is 6.08 Å². The van der Waals surface area contributed by atoms with Crippen molar-refractivity contribution in [2.75, 3.05) is 13.1 Å². The number of nitrogens with zero attached hydrogens (tertiary/aromatic N) is 4. The standard InChI is InChI=1S/C21H30N4O2/c1-14(2)25-20(9-10-22-25)24-15(3)11-19(18(24)6)7-8-21(26)23-12-16(4)27-17(5)13-23/h7-11,14,16-17H,12-13H2,1-6H3/b8-7-/t16-,17+. The molecular formula is C21H30N4O2. The molecule has 0 bridgehead atoms. The zero-order valence-electron chi connectivity index (χ0n) is 17.1. The maximum Gasteiger partial charge on any atom is 0.246 e. The van der Waals surface area contributed by atoms with Gasteiger partial charge >= 0.3 is 0 Å². The number of hydrogen-bond acceptors (Lipinski definition) is 3. The van der Waals surface area contributed by atoms with Crippen molar-refractivity contribution in [1.29, 1.82) is 0 Å². The molecule has 1 fully saturated rings. The quantitative estimate of drug-likeness (QED) is 0.774. The van der Waals surface area contributed by atoms with Gasteiger partial charge < -0.3 is 14.2 Å². The summed E-state index contributed by atoms with van der Waals surface area (Å²) in [5.41, 5.74) is 3.27. The zero-order chi connectivity index (χ0) is 19.7. The second kappa shape index (κ2) is 7.72. The minimum absolute atomic E-state index is 0.0361. The van der Waals surface area contributed by atoms with Crippen LogP contribution in [0.1, 0.15) is 50.7 Å². The summed E-state index contributed by atoms with van der Waals surface area (Å²) in [6, 6.07) is 4.42. The van der Waals surface area contributed by atoms with Gasteiger partial charge in [0, 0.05) is 42.7 Å². The SMILES string of the molecule is Cc1cc(/C=C\C(=O)N2C[C@@H](C)O[C@@H](C)C2)c(C)n1-c1ccnn1C(C)C. The molecule has 1 aliphatic rings. The topological polar surface area (TPSA) is 52.3 Å². The Bertz CT molecular complexity index is 836. The van der Waals surface area contributed by atoms with Crippen LogP contribution in [-0.4, -0.2) is 50.5 Å². The number of aryl methyl sites for hydroxylation is 1. The monoisotopic (exact) mass is 370 g/mol. The molecule has 6 heteroatoms. The summed E-state index contributed by atoms with van der Waals surface area (Å²) < 4.78 is 9.91. The van der Waals surface area contributed by atoms with Crippen LogP contribution >= 0.6 is 0 Å². The smallest absolute Gasteiger partial charge is 0.246 e. The van der Waals surface area contributed by atoms with Crippen LogP contribution in [-0.2, 0) is 9.53 Å². The fourth-order valence-corrected chi connectivity index (χ4v) is 3.82. The van der Waals surface area contributed by atoms with Gasteiger partial charge in [0.2, 0.25) is 5.91 Å². The number of hydrogen-bond donors (Lipinski definition) is 0. The fraction of sp³-hybridized carbons (Fsp3) is 0.524. The summed E-state index contributed by atoms with van der Waals surface area (Å²) in [5, 5.41) is 4.44. The van der Waals surface area contributed by atoms with E-state index in [4.69, 9.17) is 4.74 Å². The Kier molecular flexibility index (Phi) is 5.56. The molecule has 1 saturated heterocycles. The summed E-state index contributed by atoms with van der Waals surface area (Å²) in [6.07, 6.45) is 5.58. The second-order valence-electron chi connectivity index (χ2n) is 7.72. The molecule has 3 rings (SSSR count). The molecule has 2 atom stereocenters. The van der Waals surface area contributed by atoms with Crippen molar-refractivity contribution in [2.24, 2.45) is 0 Å². The molecule has 27 heavy (non-hydrogen) atoms. The average molecular weight is 370 g/mol. The van der Waals surface area contributed by atoms with Gasteiger partial charge in [0.15, 0.2) is 0 Å². The number of carbonyl (C=O) groups is 1. The zero-order valence-corrected chi connectivity index (χ0v) is 17.1. The summed E-state index contributed by atoms with van der Waals surface area (Å²) in [5.74, 6) is 1.08. The number of morpholine rings is 1. The number of rotatable bonds is 4. The van der Waals surface area contributed by atoms with E-state index in [1.165, 1.54) is 0 Å². The number of aromatic nitrogens is 3. The Morgan fingerprint density at radius 1 is 1.26 bits per heavy atom. The van der Waals surface area contributed by atoms with Crippen LogP contribution in [0.4, 0.5) is 0 Å². The van der Waals surface area contributed by atoms with Crippen molar-refractivity contribution in [1.82, 2.24) is 19.2 Å². The third-order valence-corrected chi connectivity index (χ3v) is 4.97. The molecule has 0 saturated carbocycles. The van der Waals surface area contributed by atoms with E-state index >= 15 is 0 Å². The van der Waals surface area contributed by atoms with Crippen molar-refractivity contribution >= 4 is 12.0 Å². The average Bonchev–Trinajstić information content (AvgIpc) is 3.16. The Labute approximate surface area is 161 Å². The molecule has 6 nitrogen and oxygen atoms in total. The first-order valence-electron chi connectivity index (χ1n) is 9.63. The minimum Gasteiger partial charge on any atom is -0.372 e. The summed E-state index contributed by atoms with van der Waals surface area (Å²) in [6.45, 7) is 13.7. The predicted molar refractivity (Wildman–Crippen MR) is 107 cm³/mol. The lowest BCUT2D eigenvalue weighted by atomic mass is 10.2. The maximum absolute atomic E-state index is 12.6. The van der Waals surface area contributed by atoms with Gasteiger partial charge in [-0.15, -0.1) is 0 Å². The van der Waals surface area contributed by atoms with Gasteiger partial charge in [-0.2, -0.15) is 5.10 Å². The molecule has 146 valence electrons. The minimum atomic E-state index is 0.0361. The highest BCUT2D eigenvalue weighted by atomic mass is 16.5. The van der Waals surface area contributed by atoms with Crippen LogP contribution in [0, 0.1) is 13.8 Å². The van der Waals surface area contributed by atoms with E-state index in [1.807, 2.05) is 41.8 Å². The largest absolute Gasteiger partial charge is 0.372 e. The molecule has 2 aromatic rings. The van der Waals surface area contributed by atoms with Gasteiger partial charge in [-0.25, -0.2) is 4.68 Å². The van der Waals surface area contributed by atoms with Crippen molar-refractivity contribution in [3.63, 3.8) is 0 Å². The van der Waals surface area contributed by atoms with E-state index in [-0.39, 0.29) is 24.2 Å². The fourth-order valence-electron chi connectivity index (χ4n) is 3.82. The Morgan fingerprint density at radius 2 is 1.93 bits per heavy atom. The predicted octanol–water partition coefficient (Wildman–Crippen LogP) is 3.52. The van der Waals surface area contributed by atoms with Gasteiger partial charge in [-0.05, 0) is 59.2 Å². The molecule has 0 aliphatic carbocycles. The highest BCUT2D eigenvalue weighted by molar-refractivity contribution is 5.92. The van der Waals surface area contributed by atoms with E-state index in [0.29, 0.717) is 13.1 Å². The molecule has 0 spiro atoms. The van der Waals surface area contributed by atoms with Crippen LogP contribution in [0.25, 0.3) is 11.9 Å². The Balaban J connectivity index is 1.83. The van der Waals surface area contributed by atoms with E-state index in [9.17, 15) is 4.79 Å². The molecular weight excluding hydrogens is 340 g/mol. The first-order chi connectivity index (χ1) is 12.8. The van der Waals surface area contributed by atoms with Crippen molar-refractivity contribution < 1.29 is 9.53 Å². The maximum atomic E-state index is 12.6. The third-order valence-electron chi connectivity index (χ3n) is 4.97. The van der Waals surface area contributed by atoms with Crippen molar-refractivity contribution in [3.8, 4) is 5.82 Å². The van der Waals surface area contributed by atoms with Gasteiger partial charge in [-0.3, -0.25) is 4.79 Å². The van der Waals surface area contributed by atoms with Crippen molar-refractivity contribution in [2.45, 2.75) is 59.8 Å². The van der Waals surface area contributed by atoms with E-state index in [2.05, 4.69) is 43.4 Å². The lowest BCUT2D eigenvalue weighted by Crippen LogP contribution is -2.47. The second-order valence-corrected chi connectivity index (χ2v) is 7.72. The molecule has 2 aromatic heterocycles. The van der Waals surface area contributed by atoms with Crippen LogP contribution < -0.4 is 0 Å². The molecule has 0 unspecified atom stereocenters. The summed E-state index contributed by atoms with van der Waals surface area (Å²) in [7, 11) is 0. The van der Waals surface area contributed by atoms with Crippen LogP contribution in [0.15, 0.2) is 24.4 Å². The lowest BCUT2D eigenvalue weighted by Gasteiger charge is -2.34. The molecule has 1 aliphatic heterocycles. The molecule has 3 heterocycles. The molecule has 0 N–H and O–H groups in total. The van der Waals surface area contributed by atoms with Crippen molar-refractivity contribution in [3.05, 3.63) is 41.4 Å². The van der Waals surface area contributed by atoms with Gasteiger partial charge in [0.05, 0.1) is 18.4 Å². The van der Waals surface area contributed by atoms with E-state index in [0.717, 1.165) is 22.8 Å². The summed E-state index contributed by atoms with van der Waals surface area (Å²) >= 11 is 0.